The Hall–Kier alpha value is -2.50. The van der Waals surface area contributed by atoms with Gasteiger partial charge in [0.15, 0.2) is 6.61 Å². The monoisotopic (exact) mass is 347 g/mol. The number of allylic oxidation sites excluding steroid dienone is 2. The van der Waals surface area contributed by atoms with Gasteiger partial charge in [-0.05, 0) is 50.5 Å². The molecule has 0 bridgehead atoms. The Morgan fingerprint density at radius 3 is 2.48 bits per heavy atom. The van der Waals surface area contributed by atoms with Gasteiger partial charge in [0.2, 0.25) is 0 Å². The van der Waals surface area contributed by atoms with E-state index in [4.69, 9.17) is 14.2 Å². The van der Waals surface area contributed by atoms with E-state index in [1.807, 2.05) is 37.3 Å². The van der Waals surface area contributed by atoms with Crippen LogP contribution in [-0.4, -0.2) is 38.2 Å². The number of nitrogens with one attached hydrogen (secondary N) is 1. The molecule has 1 aromatic carbocycles. The number of hydrogen-bond acceptors (Lipinski definition) is 5. The minimum atomic E-state index is -0.324. The van der Waals surface area contributed by atoms with Crippen molar-refractivity contribution in [1.82, 2.24) is 5.32 Å². The van der Waals surface area contributed by atoms with Gasteiger partial charge in [0.1, 0.15) is 18.1 Å². The van der Waals surface area contributed by atoms with Crippen LogP contribution >= 0.6 is 0 Å². The summed E-state index contributed by atoms with van der Waals surface area (Å²) in [4.78, 5) is 23.5. The Labute approximate surface area is 148 Å². The standard InChI is InChI=1S/C19H25NO5/c1-2-23-16-8-10-17(11-9-16)24-13-12-20-18(21)14-25-19(22)15-6-4-3-5-7-15/h3-4,8-11,15H,2,5-7,12-14H2,1H3,(H,20,21)/t15-/m0/s1. The van der Waals surface area contributed by atoms with Crippen molar-refractivity contribution >= 4 is 11.9 Å². The normalized spacial score (nSPS) is 16.1. The fraction of sp³-hybridized carbons (Fsp3) is 0.474. The molecule has 1 aliphatic rings. The molecule has 0 aromatic heterocycles. The molecule has 6 heteroatoms. The fourth-order valence-electron chi connectivity index (χ4n) is 2.47. The lowest BCUT2D eigenvalue weighted by Gasteiger charge is -2.16. The van der Waals surface area contributed by atoms with Gasteiger partial charge in [-0.25, -0.2) is 0 Å². The number of esters is 1. The summed E-state index contributed by atoms with van der Waals surface area (Å²) in [5.41, 5.74) is 0. The molecule has 0 heterocycles. The number of amides is 1. The summed E-state index contributed by atoms with van der Waals surface area (Å²) in [5, 5.41) is 2.66. The predicted octanol–water partition coefficient (Wildman–Crippen LogP) is 2.48. The predicted molar refractivity (Wildman–Crippen MR) is 93.6 cm³/mol. The number of carbonyl (C=O) groups is 2. The van der Waals surface area contributed by atoms with E-state index in [1.165, 1.54) is 0 Å². The summed E-state index contributed by atoms with van der Waals surface area (Å²) >= 11 is 0. The molecule has 0 radical (unpaired) electrons. The van der Waals surface area contributed by atoms with Crippen LogP contribution in [0.1, 0.15) is 26.2 Å². The summed E-state index contributed by atoms with van der Waals surface area (Å²) in [6, 6.07) is 7.29. The fourth-order valence-corrected chi connectivity index (χ4v) is 2.47. The SMILES string of the molecule is CCOc1ccc(OCCNC(=O)COC(=O)[C@H]2CC=CCC2)cc1. The Balaban J connectivity index is 1.57. The summed E-state index contributed by atoms with van der Waals surface area (Å²) in [6.45, 7) is 2.98. The second kappa shape index (κ2) is 10.4. The smallest absolute Gasteiger partial charge is 0.309 e. The number of hydrogen-bond donors (Lipinski definition) is 1. The second-order valence-corrected chi connectivity index (χ2v) is 5.69. The first-order valence-corrected chi connectivity index (χ1v) is 8.63. The van der Waals surface area contributed by atoms with Gasteiger partial charge in [0, 0.05) is 0 Å². The Kier molecular flexibility index (Phi) is 7.82. The largest absolute Gasteiger partial charge is 0.494 e. The van der Waals surface area contributed by atoms with Crippen molar-refractivity contribution in [1.29, 1.82) is 0 Å². The van der Waals surface area contributed by atoms with Gasteiger partial charge >= 0.3 is 5.97 Å². The van der Waals surface area contributed by atoms with Gasteiger partial charge in [0.25, 0.3) is 5.91 Å². The highest BCUT2D eigenvalue weighted by atomic mass is 16.5. The highest BCUT2D eigenvalue weighted by Crippen LogP contribution is 2.19. The second-order valence-electron chi connectivity index (χ2n) is 5.69. The summed E-state index contributed by atoms with van der Waals surface area (Å²) in [7, 11) is 0. The maximum atomic E-state index is 11.8. The van der Waals surface area contributed by atoms with Crippen LogP contribution < -0.4 is 14.8 Å². The average Bonchev–Trinajstić information content (AvgIpc) is 2.65. The molecule has 1 N–H and O–H groups in total. The van der Waals surface area contributed by atoms with Crippen LogP contribution in [0.2, 0.25) is 0 Å². The van der Waals surface area contributed by atoms with E-state index >= 15 is 0 Å². The molecule has 0 aliphatic heterocycles. The average molecular weight is 347 g/mol. The molecular weight excluding hydrogens is 322 g/mol. The maximum absolute atomic E-state index is 11.8. The molecule has 0 saturated heterocycles. The Morgan fingerprint density at radius 2 is 1.84 bits per heavy atom. The Morgan fingerprint density at radius 1 is 1.12 bits per heavy atom. The van der Waals surface area contributed by atoms with E-state index in [2.05, 4.69) is 11.4 Å². The highest BCUT2D eigenvalue weighted by molar-refractivity contribution is 5.81. The molecule has 0 unspecified atom stereocenters. The van der Waals surface area contributed by atoms with Gasteiger partial charge in [-0.1, -0.05) is 12.2 Å². The van der Waals surface area contributed by atoms with Crippen LogP contribution in [0, 0.1) is 5.92 Å². The zero-order valence-corrected chi connectivity index (χ0v) is 14.5. The van der Waals surface area contributed by atoms with Crippen molar-refractivity contribution in [3.63, 3.8) is 0 Å². The lowest BCUT2D eigenvalue weighted by molar-refractivity contribution is -0.152. The van der Waals surface area contributed by atoms with E-state index in [1.54, 1.807) is 0 Å². The molecular formula is C19H25NO5. The molecule has 0 spiro atoms. The first-order chi connectivity index (χ1) is 12.2. The maximum Gasteiger partial charge on any atom is 0.309 e. The van der Waals surface area contributed by atoms with Gasteiger partial charge in [-0.15, -0.1) is 0 Å². The molecule has 1 amide bonds. The van der Waals surface area contributed by atoms with Crippen LogP contribution in [0.4, 0.5) is 0 Å². The minimum Gasteiger partial charge on any atom is -0.494 e. The molecule has 25 heavy (non-hydrogen) atoms. The van der Waals surface area contributed by atoms with Gasteiger partial charge in [0.05, 0.1) is 19.1 Å². The lowest BCUT2D eigenvalue weighted by Crippen LogP contribution is -2.33. The number of carbonyl (C=O) groups excluding carboxylic acids is 2. The van der Waals surface area contributed by atoms with Gasteiger partial charge in [-0.3, -0.25) is 9.59 Å². The Bertz CT molecular complexity index is 582. The van der Waals surface area contributed by atoms with Crippen molar-refractivity contribution in [2.75, 3.05) is 26.4 Å². The zero-order chi connectivity index (χ0) is 17.9. The van der Waals surface area contributed by atoms with Crippen molar-refractivity contribution < 1.29 is 23.8 Å². The van der Waals surface area contributed by atoms with E-state index < -0.39 is 0 Å². The molecule has 0 saturated carbocycles. The first-order valence-electron chi connectivity index (χ1n) is 8.63. The van der Waals surface area contributed by atoms with Gasteiger partial charge < -0.3 is 19.5 Å². The molecule has 1 aromatic rings. The van der Waals surface area contributed by atoms with Crippen molar-refractivity contribution in [3.8, 4) is 11.5 Å². The third-order valence-corrected chi connectivity index (χ3v) is 3.78. The molecule has 1 aliphatic carbocycles. The van der Waals surface area contributed by atoms with Crippen LogP contribution in [0.15, 0.2) is 36.4 Å². The van der Waals surface area contributed by atoms with E-state index in [0.29, 0.717) is 31.9 Å². The molecule has 2 rings (SSSR count). The molecule has 6 nitrogen and oxygen atoms in total. The van der Waals surface area contributed by atoms with E-state index in [-0.39, 0.29) is 24.4 Å². The lowest BCUT2D eigenvalue weighted by atomic mass is 9.95. The van der Waals surface area contributed by atoms with Crippen molar-refractivity contribution in [3.05, 3.63) is 36.4 Å². The minimum absolute atomic E-state index is 0.124. The first kappa shape index (κ1) is 18.8. The van der Waals surface area contributed by atoms with Gasteiger partial charge in [-0.2, -0.15) is 0 Å². The molecule has 0 fully saturated rings. The van der Waals surface area contributed by atoms with Crippen LogP contribution in [-0.2, 0) is 14.3 Å². The highest BCUT2D eigenvalue weighted by Gasteiger charge is 2.20. The van der Waals surface area contributed by atoms with Crippen molar-refractivity contribution in [2.45, 2.75) is 26.2 Å². The summed E-state index contributed by atoms with van der Waals surface area (Å²) in [6.07, 6.45) is 6.40. The molecule has 136 valence electrons. The topological polar surface area (TPSA) is 73.9 Å². The number of rotatable bonds is 9. The zero-order valence-electron chi connectivity index (χ0n) is 14.5. The number of benzene rings is 1. The van der Waals surface area contributed by atoms with Crippen molar-refractivity contribution in [2.24, 2.45) is 5.92 Å². The number of ether oxygens (including phenoxy) is 3. The van der Waals surface area contributed by atoms with Crippen LogP contribution in [0.5, 0.6) is 11.5 Å². The summed E-state index contributed by atoms with van der Waals surface area (Å²) < 4.78 is 15.9. The molecule has 1 atom stereocenters. The van der Waals surface area contributed by atoms with Crippen LogP contribution in [0.25, 0.3) is 0 Å². The quantitative estimate of drug-likeness (QED) is 0.422. The van der Waals surface area contributed by atoms with E-state index in [0.717, 1.165) is 18.6 Å². The van der Waals surface area contributed by atoms with Crippen LogP contribution in [0.3, 0.4) is 0 Å². The summed E-state index contributed by atoms with van der Waals surface area (Å²) in [5.74, 6) is 0.744. The third kappa shape index (κ3) is 6.87. The third-order valence-electron chi connectivity index (χ3n) is 3.78. The van der Waals surface area contributed by atoms with E-state index in [9.17, 15) is 9.59 Å².